The molecule has 2 unspecified atom stereocenters. The first kappa shape index (κ1) is 8.76. The molecule has 2 atom stereocenters. The standard InChI is InChI=1S/C4H5N4O2P3/c9-3-1-2(4(10)5-3)8-12-6-11-7-13-8/h1,12-13H,(H,6,7)(H,5,9,10). The summed E-state index contributed by atoms with van der Waals surface area (Å²) < 4.78 is 8.79. The van der Waals surface area contributed by atoms with Crippen molar-refractivity contribution in [3.63, 3.8) is 0 Å². The first-order chi connectivity index (χ1) is 6.27. The zero-order chi connectivity index (χ0) is 9.26. The van der Waals surface area contributed by atoms with Crippen LogP contribution >= 0.6 is 25.5 Å². The predicted molar refractivity (Wildman–Crippen MR) is 53.1 cm³/mol. The summed E-state index contributed by atoms with van der Waals surface area (Å²) in [6.07, 6.45) is 1.31. The summed E-state index contributed by atoms with van der Waals surface area (Å²) in [7, 11) is 1.37. The molecule has 0 radical (unpaired) electrons. The summed E-state index contributed by atoms with van der Waals surface area (Å²) in [5, 5.41) is 2.19. The molecule has 6 nitrogen and oxygen atoms in total. The van der Waals surface area contributed by atoms with Crippen molar-refractivity contribution >= 4 is 43.0 Å². The van der Waals surface area contributed by atoms with Crippen LogP contribution in [0.25, 0.3) is 5.70 Å². The van der Waals surface area contributed by atoms with E-state index in [1.165, 1.54) is 6.08 Å². The number of H-pyrrole nitrogens is 1. The van der Waals surface area contributed by atoms with E-state index in [1.807, 2.05) is 0 Å². The van der Waals surface area contributed by atoms with Gasteiger partial charge in [-0.2, -0.15) is 4.51 Å². The molecule has 2 amide bonds. The lowest BCUT2D eigenvalue weighted by Crippen LogP contribution is -2.22. The molecule has 0 aromatic carbocycles. The molecule has 1 aromatic heterocycles. The molecule has 13 heavy (non-hydrogen) atoms. The van der Waals surface area contributed by atoms with Gasteiger partial charge in [-0.15, -0.1) is 0 Å². The van der Waals surface area contributed by atoms with Crippen molar-refractivity contribution in [1.29, 1.82) is 0 Å². The lowest BCUT2D eigenvalue weighted by Gasteiger charge is -2.01. The second kappa shape index (κ2) is 3.51. The van der Waals surface area contributed by atoms with Gasteiger partial charge in [0.2, 0.25) is 0 Å². The number of amides is 2. The molecule has 2 heterocycles. The van der Waals surface area contributed by atoms with Crippen LogP contribution in [0.5, 0.6) is 0 Å². The van der Waals surface area contributed by atoms with E-state index in [0.717, 1.165) is 8.51 Å². The number of nitrogens with one attached hydrogen (secondary N) is 2. The minimum absolute atomic E-state index is 0.217. The minimum atomic E-state index is -0.349. The van der Waals surface area contributed by atoms with Crippen molar-refractivity contribution in [1.82, 2.24) is 18.4 Å². The van der Waals surface area contributed by atoms with Gasteiger partial charge in [0.15, 0.2) is 0 Å². The summed E-state index contributed by atoms with van der Waals surface area (Å²) in [6.45, 7) is 0. The summed E-state index contributed by atoms with van der Waals surface area (Å²) in [4.78, 5) is 22.0. The van der Waals surface area contributed by atoms with Crippen molar-refractivity contribution in [3.05, 3.63) is 6.08 Å². The number of carbonyl (C=O) groups excluding carboxylic acids is 2. The fourth-order valence-electron chi connectivity index (χ4n) is 0.871. The SMILES string of the molecule is O=C1C=C(n2[pH]np[nH][pH]2)C(=O)N1. The number of aromatic amines is 1. The van der Waals surface area contributed by atoms with Crippen LogP contribution in [0.4, 0.5) is 0 Å². The number of rotatable bonds is 1. The van der Waals surface area contributed by atoms with Gasteiger partial charge in [0.1, 0.15) is 14.2 Å². The molecular weight excluding hydrogens is 229 g/mol. The molecule has 0 saturated heterocycles. The minimum Gasteiger partial charge on any atom is -0.301 e. The van der Waals surface area contributed by atoms with Crippen LogP contribution in [-0.4, -0.2) is 24.9 Å². The van der Waals surface area contributed by atoms with Crippen molar-refractivity contribution in [2.45, 2.75) is 0 Å². The van der Waals surface area contributed by atoms with Crippen LogP contribution in [0.3, 0.4) is 0 Å². The highest BCUT2D eigenvalue weighted by molar-refractivity contribution is 7.45. The van der Waals surface area contributed by atoms with Gasteiger partial charge in [-0.1, -0.05) is 0 Å². The molecule has 0 bridgehead atoms. The average Bonchev–Trinajstić information content (AvgIpc) is 2.47. The number of aromatic nitrogens is 3. The average molecular weight is 234 g/mol. The molecule has 0 fully saturated rings. The van der Waals surface area contributed by atoms with E-state index < -0.39 is 0 Å². The number of nitrogens with zero attached hydrogens (tertiary/aromatic N) is 2. The van der Waals surface area contributed by atoms with Gasteiger partial charge in [-0.25, -0.2) is 0 Å². The summed E-state index contributed by atoms with van der Waals surface area (Å²) in [6, 6.07) is 0. The molecule has 1 aliphatic rings. The van der Waals surface area contributed by atoms with E-state index >= 15 is 0 Å². The third-order valence-electron chi connectivity index (χ3n) is 1.38. The zero-order valence-electron chi connectivity index (χ0n) is 6.24. The number of imide groups is 1. The second-order valence-electron chi connectivity index (χ2n) is 2.21. The molecule has 0 aliphatic carbocycles. The molecule has 2 rings (SSSR count). The lowest BCUT2D eigenvalue weighted by molar-refractivity contribution is -0.123. The summed E-state index contributed by atoms with van der Waals surface area (Å²) >= 11 is 0. The first-order valence-electron chi connectivity index (χ1n) is 3.30. The van der Waals surface area contributed by atoms with Gasteiger partial charge in [0, 0.05) is 23.1 Å². The van der Waals surface area contributed by atoms with E-state index in [-0.39, 0.29) is 20.3 Å². The van der Waals surface area contributed by atoms with E-state index in [1.54, 1.807) is 4.09 Å². The van der Waals surface area contributed by atoms with E-state index in [4.69, 9.17) is 0 Å². The van der Waals surface area contributed by atoms with Crippen molar-refractivity contribution in [3.8, 4) is 0 Å². The highest BCUT2D eigenvalue weighted by Gasteiger charge is 2.21. The monoisotopic (exact) mass is 234 g/mol. The fourth-order valence-corrected chi connectivity index (χ4v) is 4.25. The Morgan fingerprint density at radius 3 is 2.92 bits per heavy atom. The third-order valence-corrected chi connectivity index (χ3v) is 4.48. The Kier molecular flexibility index (Phi) is 2.36. The predicted octanol–water partition coefficient (Wildman–Crippen LogP) is 0.476. The Balaban J connectivity index is 2.43. The molecule has 0 spiro atoms. The lowest BCUT2D eigenvalue weighted by atomic mass is 10.5. The Labute approximate surface area is 77.8 Å². The molecule has 2 N–H and O–H groups in total. The second-order valence-corrected chi connectivity index (χ2v) is 5.87. The van der Waals surface area contributed by atoms with E-state index in [0.29, 0.717) is 14.2 Å². The van der Waals surface area contributed by atoms with Crippen LogP contribution in [0.2, 0.25) is 0 Å². The topological polar surface area (TPSA) is 79.8 Å². The van der Waals surface area contributed by atoms with Crippen molar-refractivity contribution < 1.29 is 9.59 Å². The van der Waals surface area contributed by atoms with Crippen LogP contribution in [0.15, 0.2) is 6.08 Å². The van der Waals surface area contributed by atoms with Gasteiger partial charge < -0.3 is 4.51 Å². The Bertz CT molecular complexity index is 405. The molecule has 68 valence electrons. The normalized spacial score (nSPS) is 17.4. The first-order valence-corrected chi connectivity index (χ1v) is 5.99. The number of hydrogen-bond acceptors (Lipinski definition) is 3. The summed E-state index contributed by atoms with van der Waals surface area (Å²) in [5.41, 5.74) is 0.410. The summed E-state index contributed by atoms with van der Waals surface area (Å²) in [5.74, 6) is -0.682. The Morgan fingerprint density at radius 1 is 1.54 bits per heavy atom. The highest BCUT2D eigenvalue weighted by Crippen LogP contribution is 2.20. The third kappa shape index (κ3) is 1.75. The Hall–Kier alpha value is -0.820. The van der Waals surface area contributed by atoms with Gasteiger partial charge in [-0.05, 0) is 0 Å². The quantitative estimate of drug-likeness (QED) is 0.693. The fraction of sp³-hybridized carbons (Fsp3) is 0. The maximum atomic E-state index is 11.2. The van der Waals surface area contributed by atoms with Gasteiger partial charge in [-0.3, -0.25) is 19.0 Å². The smallest absolute Gasteiger partial charge is 0.275 e. The van der Waals surface area contributed by atoms with Crippen LogP contribution < -0.4 is 5.32 Å². The maximum absolute atomic E-state index is 11.2. The van der Waals surface area contributed by atoms with Crippen molar-refractivity contribution in [2.24, 2.45) is 0 Å². The number of carbonyl (C=O) groups is 2. The molecule has 0 saturated carbocycles. The highest BCUT2D eigenvalue weighted by atomic mass is 31.1. The Morgan fingerprint density at radius 2 is 2.38 bits per heavy atom. The van der Waals surface area contributed by atoms with Gasteiger partial charge >= 0.3 is 0 Å². The largest absolute Gasteiger partial charge is 0.301 e. The molecular formula is C4H5N4O2P3. The van der Waals surface area contributed by atoms with Crippen LogP contribution in [0.1, 0.15) is 0 Å². The maximum Gasteiger partial charge on any atom is 0.275 e. The van der Waals surface area contributed by atoms with Crippen LogP contribution in [0, 0.1) is 0 Å². The molecule has 1 aromatic rings. The van der Waals surface area contributed by atoms with E-state index in [9.17, 15) is 9.59 Å². The molecule has 1 aliphatic heterocycles. The molecule has 9 heteroatoms. The zero-order valence-corrected chi connectivity index (χ0v) is 9.13. The number of hydrogen-bond donors (Lipinski definition) is 2. The van der Waals surface area contributed by atoms with Crippen molar-refractivity contribution in [2.75, 3.05) is 0 Å². The van der Waals surface area contributed by atoms with Gasteiger partial charge in [0.25, 0.3) is 11.8 Å². The van der Waals surface area contributed by atoms with Gasteiger partial charge in [0.05, 0.1) is 0 Å². The van der Waals surface area contributed by atoms with Crippen LogP contribution in [-0.2, 0) is 9.59 Å². The van der Waals surface area contributed by atoms with E-state index in [2.05, 4.69) is 14.3 Å².